The Morgan fingerprint density at radius 1 is 0.727 bits per heavy atom. The molecule has 0 fully saturated rings. The second kappa shape index (κ2) is 13.4. The minimum atomic E-state index is -0.198. The highest BCUT2D eigenvalue weighted by Gasteiger charge is 2.09. The third kappa shape index (κ3) is 8.34. The van der Waals surface area contributed by atoms with Crippen molar-refractivity contribution in [2.45, 2.75) is 81.1 Å². The first-order valence-electron chi connectivity index (χ1n) is 11.1. The number of aryl methyl sites for hydroxylation is 3. The van der Waals surface area contributed by atoms with Gasteiger partial charge in [0.05, 0.1) is 0 Å². The number of unbranched alkanes of at least 4 members (excludes halogenated alkanes) is 4. The van der Waals surface area contributed by atoms with Crippen molar-refractivity contribution in [2.24, 2.45) is 0 Å². The van der Waals surface area contributed by atoms with Crippen molar-refractivity contribution in [1.29, 1.82) is 0 Å². The average molecular weight is 527 g/mol. The molecule has 0 atom stereocenters. The van der Waals surface area contributed by atoms with Crippen molar-refractivity contribution in [3.63, 3.8) is 0 Å². The van der Waals surface area contributed by atoms with E-state index in [1.54, 1.807) is 56.8 Å². The van der Waals surface area contributed by atoms with Crippen LogP contribution in [0.25, 0.3) is 0 Å². The van der Waals surface area contributed by atoms with E-state index in [4.69, 9.17) is 0 Å². The molecular formula is C21H30N6O2S4. The fourth-order valence-corrected chi connectivity index (χ4v) is 7.06. The van der Waals surface area contributed by atoms with E-state index in [2.05, 4.69) is 20.4 Å². The van der Waals surface area contributed by atoms with E-state index in [0.717, 1.165) is 74.4 Å². The lowest BCUT2D eigenvalue weighted by Gasteiger charge is -2.13. The molecule has 0 aromatic carbocycles. The average Bonchev–Trinajstić information content (AvgIpc) is 3.38. The summed E-state index contributed by atoms with van der Waals surface area (Å²) in [6.07, 6.45) is 5.81. The summed E-state index contributed by atoms with van der Waals surface area (Å²) in [5.41, 5.74) is 0.359. The van der Waals surface area contributed by atoms with Gasteiger partial charge in [0.2, 0.25) is 0 Å². The third-order valence-corrected chi connectivity index (χ3v) is 9.12. The summed E-state index contributed by atoms with van der Waals surface area (Å²) >= 11 is 6.68. The Bertz CT molecular complexity index is 1140. The molecule has 3 heterocycles. The first-order chi connectivity index (χ1) is 15.9. The Morgan fingerprint density at radius 3 is 1.73 bits per heavy atom. The second-order valence-electron chi connectivity index (χ2n) is 7.70. The van der Waals surface area contributed by atoms with Gasteiger partial charge in [0.25, 0.3) is 5.56 Å². The Kier molecular flexibility index (Phi) is 10.6. The highest BCUT2D eigenvalue weighted by Crippen LogP contribution is 2.23. The topological polar surface area (TPSA) is 95.6 Å². The quantitative estimate of drug-likeness (QED) is 0.223. The van der Waals surface area contributed by atoms with Crippen molar-refractivity contribution in [3.8, 4) is 0 Å². The van der Waals surface area contributed by atoms with Crippen molar-refractivity contribution < 1.29 is 0 Å². The van der Waals surface area contributed by atoms with E-state index in [9.17, 15) is 9.59 Å². The first-order valence-corrected chi connectivity index (χ1v) is 14.7. The maximum absolute atomic E-state index is 12.9. The molecule has 180 valence electrons. The van der Waals surface area contributed by atoms with Gasteiger partial charge in [-0.1, -0.05) is 59.0 Å². The third-order valence-electron chi connectivity index (χ3n) is 5.00. The van der Waals surface area contributed by atoms with Gasteiger partial charge in [-0.25, -0.2) is 4.79 Å². The predicted molar refractivity (Wildman–Crippen MR) is 138 cm³/mol. The van der Waals surface area contributed by atoms with Crippen molar-refractivity contribution in [3.05, 3.63) is 42.6 Å². The summed E-state index contributed by atoms with van der Waals surface area (Å²) in [4.78, 5) is 25.3. The number of rotatable bonds is 14. The highest BCUT2D eigenvalue weighted by molar-refractivity contribution is 8.01. The number of hydrogen-bond donors (Lipinski definition) is 0. The molecular weight excluding hydrogens is 497 g/mol. The molecule has 0 N–H and O–H groups in total. The Labute approximate surface area is 210 Å². The van der Waals surface area contributed by atoms with Crippen LogP contribution in [0.2, 0.25) is 0 Å². The van der Waals surface area contributed by atoms with Crippen LogP contribution in [0.4, 0.5) is 0 Å². The lowest BCUT2D eigenvalue weighted by atomic mass is 10.2. The summed E-state index contributed by atoms with van der Waals surface area (Å²) < 4.78 is 5.15. The summed E-state index contributed by atoms with van der Waals surface area (Å²) in [6, 6.07) is 1.59. The molecule has 0 spiro atoms. The van der Waals surface area contributed by atoms with Gasteiger partial charge in [-0.2, -0.15) is 0 Å². The molecule has 0 aliphatic heterocycles. The van der Waals surface area contributed by atoms with Crippen LogP contribution in [0.15, 0.2) is 24.3 Å². The van der Waals surface area contributed by atoms with Gasteiger partial charge in [0, 0.05) is 36.4 Å². The molecule has 3 aromatic heterocycles. The summed E-state index contributed by atoms with van der Waals surface area (Å²) in [7, 11) is 0. The van der Waals surface area contributed by atoms with Crippen molar-refractivity contribution in [1.82, 2.24) is 29.5 Å². The van der Waals surface area contributed by atoms with E-state index >= 15 is 0 Å². The molecule has 3 aromatic rings. The lowest BCUT2D eigenvalue weighted by Crippen LogP contribution is -2.40. The zero-order valence-corrected chi connectivity index (χ0v) is 22.5. The molecule has 0 aliphatic rings. The smallest absolute Gasteiger partial charge is 0.298 e. The van der Waals surface area contributed by atoms with Gasteiger partial charge in [0.1, 0.15) is 10.0 Å². The first kappa shape index (κ1) is 26.1. The number of hydrogen-bond acceptors (Lipinski definition) is 10. The Hall–Kier alpha value is -1.50. The maximum atomic E-state index is 12.9. The van der Waals surface area contributed by atoms with Crippen LogP contribution in [0.1, 0.15) is 54.2 Å². The fourth-order valence-electron chi connectivity index (χ4n) is 3.29. The normalized spacial score (nSPS) is 11.4. The molecule has 8 nitrogen and oxygen atoms in total. The zero-order chi connectivity index (χ0) is 23.6. The minimum absolute atomic E-state index is 0.183. The van der Waals surface area contributed by atoms with E-state index in [0.29, 0.717) is 13.1 Å². The molecule has 0 amide bonds. The van der Waals surface area contributed by atoms with Crippen LogP contribution in [0.5, 0.6) is 0 Å². The Balaban J connectivity index is 1.39. The minimum Gasteiger partial charge on any atom is -0.298 e. The van der Waals surface area contributed by atoms with Crippen molar-refractivity contribution >= 4 is 46.2 Å². The molecule has 0 bridgehead atoms. The zero-order valence-electron chi connectivity index (χ0n) is 19.3. The molecule has 0 aliphatic carbocycles. The fraction of sp³-hybridized carbons (Fsp3) is 0.619. The molecule has 3 rings (SSSR count). The Morgan fingerprint density at radius 2 is 1.24 bits per heavy atom. The van der Waals surface area contributed by atoms with Crippen LogP contribution >= 0.6 is 46.2 Å². The predicted octanol–water partition coefficient (Wildman–Crippen LogP) is 4.56. The summed E-state index contributed by atoms with van der Waals surface area (Å²) in [5, 5.41) is 18.3. The van der Waals surface area contributed by atoms with Gasteiger partial charge in [0.15, 0.2) is 8.68 Å². The van der Waals surface area contributed by atoms with Gasteiger partial charge in [-0.3, -0.25) is 13.9 Å². The molecule has 12 heteroatoms. The molecule has 0 saturated carbocycles. The second-order valence-corrected chi connectivity index (χ2v) is 12.7. The van der Waals surface area contributed by atoms with Gasteiger partial charge >= 0.3 is 5.69 Å². The van der Waals surface area contributed by atoms with E-state index in [1.165, 1.54) is 4.57 Å². The SMILES string of the molecule is Cc1nnc(SCCCCCn2c(C)cc(=O)n(CCCCCSc3nnc(C)s3)c2=O)s1. The van der Waals surface area contributed by atoms with Crippen LogP contribution in [0, 0.1) is 20.8 Å². The van der Waals surface area contributed by atoms with Gasteiger partial charge < -0.3 is 0 Å². The lowest BCUT2D eigenvalue weighted by molar-refractivity contribution is 0.497. The number of aromatic nitrogens is 6. The van der Waals surface area contributed by atoms with Gasteiger partial charge in [-0.15, -0.1) is 20.4 Å². The summed E-state index contributed by atoms with van der Waals surface area (Å²) in [5.74, 6) is 1.97. The van der Waals surface area contributed by atoms with E-state index in [1.807, 2.05) is 20.8 Å². The standard InChI is InChI=1S/C21H30N6O2S4/c1-15-14-18(28)27(11-7-5-9-13-31-20-25-23-17(3)33-20)21(29)26(15)10-6-4-8-12-30-19-24-22-16(2)32-19/h14H,4-13H2,1-3H3. The van der Waals surface area contributed by atoms with Gasteiger partial charge in [-0.05, 0) is 46.5 Å². The molecule has 33 heavy (non-hydrogen) atoms. The molecule has 0 saturated heterocycles. The summed E-state index contributed by atoms with van der Waals surface area (Å²) in [6.45, 7) is 6.87. The highest BCUT2D eigenvalue weighted by atomic mass is 32.2. The van der Waals surface area contributed by atoms with E-state index < -0.39 is 0 Å². The number of thioether (sulfide) groups is 2. The van der Waals surface area contributed by atoms with Crippen LogP contribution in [-0.2, 0) is 13.1 Å². The van der Waals surface area contributed by atoms with Crippen molar-refractivity contribution in [2.75, 3.05) is 11.5 Å². The monoisotopic (exact) mass is 526 g/mol. The largest absolute Gasteiger partial charge is 0.331 e. The van der Waals surface area contributed by atoms with E-state index in [-0.39, 0.29) is 11.2 Å². The number of nitrogens with zero attached hydrogens (tertiary/aromatic N) is 6. The molecule has 0 unspecified atom stereocenters. The molecule has 0 radical (unpaired) electrons. The van der Waals surface area contributed by atoms with Crippen LogP contribution in [-0.4, -0.2) is 41.0 Å². The van der Waals surface area contributed by atoms with Crippen LogP contribution in [0.3, 0.4) is 0 Å². The van der Waals surface area contributed by atoms with Crippen LogP contribution < -0.4 is 11.2 Å². The maximum Gasteiger partial charge on any atom is 0.331 e.